The molecule has 0 aliphatic rings. The number of pyridine rings is 1. The molecule has 2 rings (SSSR count). The molecule has 0 aliphatic heterocycles. The van der Waals surface area contributed by atoms with E-state index in [0.29, 0.717) is 17.3 Å². The van der Waals surface area contributed by atoms with Crippen molar-refractivity contribution in [3.63, 3.8) is 0 Å². The lowest BCUT2D eigenvalue weighted by atomic mass is 9.87. The van der Waals surface area contributed by atoms with Gasteiger partial charge in [0.15, 0.2) is 0 Å². The average Bonchev–Trinajstić information content (AvgIpc) is 2.65. The van der Waals surface area contributed by atoms with Crippen LogP contribution in [0.2, 0.25) is 0 Å². The van der Waals surface area contributed by atoms with Crippen LogP contribution in [-0.4, -0.2) is 22.5 Å². The molecule has 1 aromatic heterocycles. The summed E-state index contributed by atoms with van der Waals surface area (Å²) in [6, 6.07) is 16.6. The van der Waals surface area contributed by atoms with Gasteiger partial charge in [-0.3, -0.25) is 5.32 Å². The summed E-state index contributed by atoms with van der Waals surface area (Å²) in [7, 11) is 0. The third-order valence-electron chi connectivity index (χ3n) is 3.98. The monoisotopic (exact) mass is 367 g/mol. The van der Waals surface area contributed by atoms with E-state index in [2.05, 4.69) is 16.4 Å². The summed E-state index contributed by atoms with van der Waals surface area (Å²) < 4.78 is 11.1. The van der Waals surface area contributed by atoms with Crippen LogP contribution in [0.5, 0.6) is 11.6 Å². The highest BCUT2D eigenvalue weighted by Gasteiger charge is 2.44. The van der Waals surface area contributed by atoms with Gasteiger partial charge < -0.3 is 9.47 Å². The van der Waals surface area contributed by atoms with Crippen molar-refractivity contribution in [1.82, 2.24) is 10.3 Å². The maximum absolute atomic E-state index is 12.7. The molecule has 1 N–H and O–H groups in total. The zero-order chi connectivity index (χ0) is 19.9. The van der Waals surface area contributed by atoms with Gasteiger partial charge in [-0.1, -0.05) is 38.1 Å². The van der Waals surface area contributed by atoms with E-state index in [1.807, 2.05) is 58.0 Å². The summed E-state index contributed by atoms with van der Waals surface area (Å²) in [6.45, 7) is 7.35. The van der Waals surface area contributed by atoms with E-state index >= 15 is 0 Å². The number of rotatable bonds is 8. The lowest BCUT2D eigenvalue weighted by Crippen LogP contribution is -2.58. The van der Waals surface area contributed by atoms with Crippen molar-refractivity contribution in [2.24, 2.45) is 5.92 Å². The van der Waals surface area contributed by atoms with Gasteiger partial charge in [0, 0.05) is 12.1 Å². The highest BCUT2D eigenvalue weighted by atomic mass is 16.5. The smallest absolute Gasteiger partial charge is 0.341 e. The summed E-state index contributed by atoms with van der Waals surface area (Å²) in [5.74, 6) is 0.219. The van der Waals surface area contributed by atoms with Crippen LogP contribution in [0.1, 0.15) is 33.4 Å². The molecule has 0 saturated heterocycles. The molecular formula is C21H25N3O3. The molecule has 142 valence electrons. The molecule has 0 fully saturated rings. The summed E-state index contributed by atoms with van der Waals surface area (Å²) in [6.07, 6.45) is 0. The Morgan fingerprint density at radius 3 is 2.44 bits per heavy atom. The highest BCUT2D eigenvalue weighted by molar-refractivity contribution is 5.85. The number of hydrogen-bond acceptors (Lipinski definition) is 6. The fourth-order valence-corrected chi connectivity index (χ4v) is 2.58. The molecule has 0 amide bonds. The van der Waals surface area contributed by atoms with Crippen molar-refractivity contribution in [1.29, 1.82) is 5.26 Å². The molecule has 1 unspecified atom stereocenters. The van der Waals surface area contributed by atoms with E-state index in [1.165, 1.54) is 0 Å². The van der Waals surface area contributed by atoms with E-state index in [-0.39, 0.29) is 18.6 Å². The maximum Gasteiger partial charge on any atom is 0.341 e. The summed E-state index contributed by atoms with van der Waals surface area (Å²) in [4.78, 5) is 17.0. The number of benzene rings is 1. The molecule has 0 spiro atoms. The molecule has 0 bridgehead atoms. The number of para-hydroxylation sites is 1. The van der Waals surface area contributed by atoms with Gasteiger partial charge in [0.2, 0.25) is 11.4 Å². The number of esters is 1. The van der Waals surface area contributed by atoms with Crippen LogP contribution in [0.3, 0.4) is 0 Å². The van der Waals surface area contributed by atoms with E-state index in [4.69, 9.17) is 9.47 Å². The Kier molecular flexibility index (Phi) is 6.91. The van der Waals surface area contributed by atoms with E-state index in [0.717, 1.165) is 0 Å². The highest BCUT2D eigenvalue weighted by Crippen LogP contribution is 2.22. The summed E-state index contributed by atoms with van der Waals surface area (Å²) in [5.41, 5.74) is -0.858. The fraction of sp³-hybridized carbons (Fsp3) is 0.381. The first kappa shape index (κ1) is 20.4. The van der Waals surface area contributed by atoms with Crippen molar-refractivity contribution in [3.05, 3.63) is 54.2 Å². The fourth-order valence-electron chi connectivity index (χ4n) is 2.58. The Labute approximate surface area is 160 Å². The van der Waals surface area contributed by atoms with Crippen LogP contribution in [0.25, 0.3) is 0 Å². The molecule has 2 aromatic rings. The SMILES string of the molecule is CC(C)NC(C#N)(C(=O)OCc1cccc(Oc2ccccc2)n1)C(C)C. The Morgan fingerprint density at radius 1 is 1.15 bits per heavy atom. The second-order valence-electron chi connectivity index (χ2n) is 6.83. The van der Waals surface area contributed by atoms with Crippen molar-refractivity contribution in [3.8, 4) is 17.7 Å². The number of hydrogen-bond donors (Lipinski definition) is 1. The van der Waals surface area contributed by atoms with Gasteiger partial charge in [-0.25, -0.2) is 9.78 Å². The third kappa shape index (κ3) is 5.28. The predicted octanol–water partition coefficient (Wildman–Crippen LogP) is 3.83. The van der Waals surface area contributed by atoms with Gasteiger partial charge in [0.25, 0.3) is 0 Å². The minimum Gasteiger partial charge on any atom is -0.457 e. The predicted molar refractivity (Wildman–Crippen MR) is 102 cm³/mol. The van der Waals surface area contributed by atoms with Crippen LogP contribution in [0.15, 0.2) is 48.5 Å². The Morgan fingerprint density at radius 2 is 1.85 bits per heavy atom. The number of nitrogens with zero attached hydrogens (tertiary/aromatic N) is 2. The lowest BCUT2D eigenvalue weighted by molar-refractivity contribution is -0.152. The van der Waals surface area contributed by atoms with Gasteiger partial charge in [0.05, 0.1) is 11.8 Å². The first-order chi connectivity index (χ1) is 12.9. The lowest BCUT2D eigenvalue weighted by Gasteiger charge is -2.31. The first-order valence-electron chi connectivity index (χ1n) is 8.92. The molecular weight excluding hydrogens is 342 g/mol. The van der Waals surface area contributed by atoms with Crippen molar-refractivity contribution < 1.29 is 14.3 Å². The zero-order valence-corrected chi connectivity index (χ0v) is 16.1. The number of nitrogens with one attached hydrogen (secondary N) is 1. The quantitative estimate of drug-likeness (QED) is 0.714. The summed E-state index contributed by atoms with van der Waals surface area (Å²) >= 11 is 0. The van der Waals surface area contributed by atoms with Crippen molar-refractivity contribution >= 4 is 5.97 Å². The second-order valence-corrected chi connectivity index (χ2v) is 6.83. The van der Waals surface area contributed by atoms with Crippen LogP contribution in [0.4, 0.5) is 0 Å². The zero-order valence-electron chi connectivity index (χ0n) is 16.1. The normalized spacial score (nSPS) is 13.1. The number of nitriles is 1. The molecule has 1 aromatic carbocycles. The molecule has 1 heterocycles. The van der Waals surface area contributed by atoms with Gasteiger partial charge >= 0.3 is 5.97 Å². The minimum atomic E-state index is -1.40. The molecule has 0 radical (unpaired) electrons. The maximum atomic E-state index is 12.7. The van der Waals surface area contributed by atoms with E-state index < -0.39 is 11.5 Å². The second kappa shape index (κ2) is 9.15. The number of aromatic nitrogens is 1. The minimum absolute atomic E-state index is 0.0409. The summed E-state index contributed by atoms with van der Waals surface area (Å²) in [5, 5.41) is 12.7. The van der Waals surface area contributed by atoms with Crippen LogP contribution in [0, 0.1) is 17.2 Å². The Balaban J connectivity index is 2.08. The van der Waals surface area contributed by atoms with Gasteiger partial charge in [-0.05, 0) is 38.0 Å². The van der Waals surface area contributed by atoms with Crippen LogP contribution >= 0.6 is 0 Å². The van der Waals surface area contributed by atoms with Crippen LogP contribution < -0.4 is 10.1 Å². The van der Waals surface area contributed by atoms with Crippen LogP contribution in [-0.2, 0) is 16.1 Å². The number of carbonyl (C=O) groups excluding carboxylic acids is 1. The third-order valence-corrected chi connectivity index (χ3v) is 3.98. The van der Waals surface area contributed by atoms with Gasteiger partial charge in [0.1, 0.15) is 12.4 Å². The first-order valence-corrected chi connectivity index (χ1v) is 8.92. The van der Waals surface area contributed by atoms with Gasteiger partial charge in [-0.15, -0.1) is 0 Å². The topological polar surface area (TPSA) is 84.2 Å². The van der Waals surface area contributed by atoms with E-state index in [9.17, 15) is 10.1 Å². The largest absolute Gasteiger partial charge is 0.457 e. The average molecular weight is 367 g/mol. The number of ether oxygens (including phenoxy) is 2. The molecule has 6 nitrogen and oxygen atoms in total. The van der Waals surface area contributed by atoms with E-state index in [1.54, 1.807) is 18.2 Å². The molecule has 1 atom stereocenters. The van der Waals surface area contributed by atoms with Crippen molar-refractivity contribution in [2.75, 3.05) is 0 Å². The molecule has 6 heteroatoms. The standard InChI is InChI=1S/C21H25N3O3/c1-15(2)21(14-22,24-16(3)4)20(25)26-13-17-9-8-12-19(23-17)27-18-10-6-5-7-11-18/h5-12,15-16,24H,13H2,1-4H3. The number of carbonyl (C=O) groups is 1. The molecule has 0 saturated carbocycles. The Bertz CT molecular complexity index is 800. The molecule has 27 heavy (non-hydrogen) atoms. The van der Waals surface area contributed by atoms with Crippen molar-refractivity contribution in [2.45, 2.75) is 45.9 Å². The van der Waals surface area contributed by atoms with Gasteiger partial charge in [-0.2, -0.15) is 5.26 Å². The molecule has 0 aliphatic carbocycles. The Hall–Kier alpha value is -2.91.